The van der Waals surface area contributed by atoms with Crippen LogP contribution >= 0.6 is 0 Å². The summed E-state index contributed by atoms with van der Waals surface area (Å²) in [7, 11) is 1.36. The molecule has 2 aliphatic rings. The van der Waals surface area contributed by atoms with E-state index in [4.69, 9.17) is 14.2 Å². The zero-order valence-corrected chi connectivity index (χ0v) is 11.4. The average molecular weight is 297 g/mol. The largest absolute Gasteiger partial charge is 0.494 e. The van der Waals surface area contributed by atoms with E-state index in [1.807, 2.05) is 0 Å². The van der Waals surface area contributed by atoms with Crippen molar-refractivity contribution >= 4 is 5.91 Å². The third-order valence-electron chi connectivity index (χ3n) is 3.76. The molecule has 2 heterocycles. The topological polar surface area (TPSA) is 77.0 Å². The summed E-state index contributed by atoms with van der Waals surface area (Å²) in [4.78, 5) is 12.1. The van der Waals surface area contributed by atoms with Crippen LogP contribution < -0.4 is 10.1 Å². The van der Waals surface area contributed by atoms with Crippen molar-refractivity contribution in [3.8, 4) is 5.75 Å². The van der Waals surface area contributed by atoms with Crippen molar-refractivity contribution in [3.05, 3.63) is 29.6 Å². The van der Waals surface area contributed by atoms with Crippen molar-refractivity contribution in [2.75, 3.05) is 20.3 Å². The second-order valence-corrected chi connectivity index (χ2v) is 5.09. The normalized spacial score (nSPS) is 31.0. The highest BCUT2D eigenvalue weighted by molar-refractivity contribution is 5.94. The molecule has 0 aliphatic carbocycles. The van der Waals surface area contributed by atoms with Crippen LogP contribution in [0.5, 0.6) is 5.75 Å². The fourth-order valence-corrected chi connectivity index (χ4v) is 2.66. The van der Waals surface area contributed by atoms with Gasteiger partial charge in [-0.05, 0) is 18.2 Å². The number of carbonyl (C=O) groups is 1. The summed E-state index contributed by atoms with van der Waals surface area (Å²) in [5.74, 6) is -0.938. The Labute approximate surface area is 120 Å². The summed E-state index contributed by atoms with van der Waals surface area (Å²) in [6.07, 6.45) is -1.45. The molecule has 0 saturated carbocycles. The Morgan fingerprint density at radius 2 is 2.14 bits per heavy atom. The van der Waals surface area contributed by atoms with E-state index in [2.05, 4.69) is 5.32 Å². The summed E-state index contributed by atoms with van der Waals surface area (Å²) in [5.41, 5.74) is 0.190. The van der Waals surface area contributed by atoms with Gasteiger partial charge in [0.2, 0.25) is 0 Å². The monoisotopic (exact) mass is 297 g/mol. The molecule has 0 unspecified atom stereocenters. The molecule has 114 valence electrons. The van der Waals surface area contributed by atoms with Crippen LogP contribution in [0.4, 0.5) is 4.39 Å². The van der Waals surface area contributed by atoms with Gasteiger partial charge in [0.1, 0.15) is 18.3 Å². The van der Waals surface area contributed by atoms with Gasteiger partial charge in [0.15, 0.2) is 11.6 Å². The van der Waals surface area contributed by atoms with Gasteiger partial charge in [-0.15, -0.1) is 0 Å². The number of hydrogen-bond donors (Lipinski definition) is 2. The summed E-state index contributed by atoms with van der Waals surface area (Å²) in [6.45, 7) is 0.454. The lowest BCUT2D eigenvalue weighted by atomic mass is 10.1. The molecule has 0 aromatic heterocycles. The standard InChI is InChI=1S/C14H16FNO5/c1-19-11-3-2-7(4-8(11)15)14(18)16-9-5-20-13-10(17)6-21-12(9)13/h2-4,9-10,12-13,17H,5-6H2,1H3,(H,16,18)/t9-,10-,12+,13+/m0/s1. The predicted molar refractivity (Wildman–Crippen MR) is 69.7 cm³/mol. The third-order valence-corrected chi connectivity index (χ3v) is 3.76. The third kappa shape index (κ3) is 2.59. The number of benzene rings is 1. The molecule has 0 bridgehead atoms. The number of rotatable bonds is 3. The Kier molecular flexibility index (Phi) is 3.79. The molecule has 0 radical (unpaired) electrons. The number of ether oxygens (including phenoxy) is 3. The van der Waals surface area contributed by atoms with Crippen molar-refractivity contribution in [3.63, 3.8) is 0 Å². The second-order valence-electron chi connectivity index (χ2n) is 5.09. The number of hydrogen-bond acceptors (Lipinski definition) is 5. The molecule has 2 fully saturated rings. The van der Waals surface area contributed by atoms with E-state index in [9.17, 15) is 14.3 Å². The van der Waals surface area contributed by atoms with E-state index in [0.29, 0.717) is 0 Å². The minimum Gasteiger partial charge on any atom is -0.494 e. The molecule has 6 nitrogen and oxygen atoms in total. The maximum absolute atomic E-state index is 13.6. The van der Waals surface area contributed by atoms with Crippen LogP contribution in [0.3, 0.4) is 0 Å². The minimum absolute atomic E-state index is 0.0815. The van der Waals surface area contributed by atoms with Gasteiger partial charge in [-0.2, -0.15) is 0 Å². The first-order valence-electron chi connectivity index (χ1n) is 6.66. The molecular formula is C14H16FNO5. The first-order valence-corrected chi connectivity index (χ1v) is 6.66. The number of aliphatic hydroxyl groups is 1. The number of aliphatic hydroxyl groups excluding tert-OH is 1. The number of nitrogens with one attached hydrogen (secondary N) is 1. The molecular weight excluding hydrogens is 281 g/mol. The SMILES string of the molecule is COc1ccc(C(=O)N[C@H]2CO[C@H]3[C@@H]2OC[C@@H]3O)cc1F. The Bertz CT molecular complexity index is 552. The van der Waals surface area contributed by atoms with Gasteiger partial charge < -0.3 is 24.6 Å². The van der Waals surface area contributed by atoms with Crippen LogP contribution in [-0.2, 0) is 9.47 Å². The molecule has 1 aromatic carbocycles. The number of methoxy groups -OCH3 is 1. The molecule has 2 saturated heterocycles. The van der Waals surface area contributed by atoms with Gasteiger partial charge in [0.25, 0.3) is 5.91 Å². The van der Waals surface area contributed by atoms with E-state index in [1.54, 1.807) is 0 Å². The molecule has 3 rings (SSSR count). The van der Waals surface area contributed by atoms with E-state index in [-0.39, 0.29) is 36.7 Å². The molecule has 0 spiro atoms. The van der Waals surface area contributed by atoms with Crippen molar-refractivity contribution in [2.24, 2.45) is 0 Å². The fourth-order valence-electron chi connectivity index (χ4n) is 2.66. The maximum Gasteiger partial charge on any atom is 0.251 e. The van der Waals surface area contributed by atoms with Gasteiger partial charge in [-0.25, -0.2) is 4.39 Å². The van der Waals surface area contributed by atoms with E-state index < -0.39 is 23.9 Å². The fraction of sp³-hybridized carbons (Fsp3) is 0.500. The zero-order valence-electron chi connectivity index (χ0n) is 11.4. The Balaban J connectivity index is 1.68. The van der Waals surface area contributed by atoms with E-state index in [1.165, 1.54) is 19.2 Å². The number of amides is 1. The molecule has 21 heavy (non-hydrogen) atoms. The van der Waals surface area contributed by atoms with Crippen molar-refractivity contribution in [1.82, 2.24) is 5.32 Å². The first kappa shape index (κ1) is 14.2. The minimum atomic E-state index is -0.671. The van der Waals surface area contributed by atoms with E-state index in [0.717, 1.165) is 6.07 Å². The van der Waals surface area contributed by atoms with Crippen LogP contribution in [0.2, 0.25) is 0 Å². The van der Waals surface area contributed by atoms with Gasteiger partial charge in [-0.3, -0.25) is 4.79 Å². The summed E-state index contributed by atoms with van der Waals surface area (Å²) in [6, 6.07) is 3.64. The smallest absolute Gasteiger partial charge is 0.251 e. The number of carbonyl (C=O) groups excluding carboxylic acids is 1. The van der Waals surface area contributed by atoms with Crippen molar-refractivity contribution < 1.29 is 28.5 Å². The average Bonchev–Trinajstić information content (AvgIpc) is 3.03. The highest BCUT2D eigenvalue weighted by Gasteiger charge is 2.47. The molecule has 4 atom stereocenters. The predicted octanol–water partition coefficient (Wildman–Crippen LogP) is 0.0912. The van der Waals surface area contributed by atoms with Crippen LogP contribution in [0.15, 0.2) is 18.2 Å². The lowest BCUT2D eigenvalue weighted by Crippen LogP contribution is -2.44. The Morgan fingerprint density at radius 3 is 2.86 bits per heavy atom. The summed E-state index contributed by atoms with van der Waals surface area (Å²) < 4.78 is 29.2. The molecule has 2 aliphatic heterocycles. The summed E-state index contributed by atoms with van der Waals surface area (Å²) >= 11 is 0. The quantitative estimate of drug-likeness (QED) is 0.827. The highest BCUT2D eigenvalue weighted by atomic mass is 19.1. The van der Waals surface area contributed by atoms with Crippen LogP contribution in [0.1, 0.15) is 10.4 Å². The lowest BCUT2D eigenvalue weighted by Gasteiger charge is -2.17. The Hall–Kier alpha value is -1.70. The first-order chi connectivity index (χ1) is 10.1. The van der Waals surface area contributed by atoms with Gasteiger partial charge in [0, 0.05) is 5.56 Å². The molecule has 7 heteroatoms. The molecule has 1 aromatic rings. The summed E-state index contributed by atoms with van der Waals surface area (Å²) in [5, 5.41) is 12.4. The van der Waals surface area contributed by atoms with Crippen LogP contribution in [0.25, 0.3) is 0 Å². The molecule has 2 N–H and O–H groups in total. The van der Waals surface area contributed by atoms with Crippen LogP contribution in [-0.4, -0.2) is 55.7 Å². The van der Waals surface area contributed by atoms with Crippen molar-refractivity contribution in [1.29, 1.82) is 0 Å². The van der Waals surface area contributed by atoms with E-state index >= 15 is 0 Å². The molecule has 1 amide bonds. The van der Waals surface area contributed by atoms with Crippen molar-refractivity contribution in [2.45, 2.75) is 24.4 Å². The second kappa shape index (κ2) is 5.59. The van der Waals surface area contributed by atoms with Gasteiger partial charge in [-0.1, -0.05) is 0 Å². The van der Waals surface area contributed by atoms with Gasteiger partial charge in [0.05, 0.1) is 26.4 Å². The van der Waals surface area contributed by atoms with Crippen LogP contribution in [0, 0.1) is 5.82 Å². The zero-order chi connectivity index (χ0) is 15.0. The number of fused-ring (bicyclic) bond motifs is 1. The lowest BCUT2D eigenvalue weighted by molar-refractivity contribution is 0.0178. The Morgan fingerprint density at radius 1 is 1.38 bits per heavy atom. The maximum atomic E-state index is 13.6. The number of halogens is 1. The van der Waals surface area contributed by atoms with Gasteiger partial charge >= 0.3 is 0 Å². The highest BCUT2D eigenvalue weighted by Crippen LogP contribution is 2.27.